The van der Waals surface area contributed by atoms with Gasteiger partial charge in [-0.05, 0) is 72.7 Å². The third-order valence-corrected chi connectivity index (χ3v) is 6.73. The molecular weight excluding hydrogens is 496 g/mol. The number of hydrogen-bond acceptors (Lipinski definition) is 5. The van der Waals surface area contributed by atoms with E-state index in [0.29, 0.717) is 16.5 Å². The molecule has 0 aliphatic heterocycles. The number of nitrogens with zero attached hydrogens (tertiary/aromatic N) is 1. The van der Waals surface area contributed by atoms with E-state index in [2.05, 4.69) is 23.5 Å². The Morgan fingerprint density at radius 1 is 0.949 bits per heavy atom. The quantitative estimate of drug-likeness (QED) is 0.285. The molecule has 0 unspecified atom stereocenters. The van der Waals surface area contributed by atoms with E-state index in [1.807, 2.05) is 24.3 Å². The number of nitrogens with one attached hydrogen (secondary N) is 1. The van der Waals surface area contributed by atoms with Crippen LogP contribution in [-0.2, 0) is 33.7 Å². The van der Waals surface area contributed by atoms with Gasteiger partial charge in [0.05, 0.1) is 5.52 Å². The fraction of sp³-hybridized carbons (Fsp3) is 0.258. The first-order valence-electron chi connectivity index (χ1n) is 12.8. The van der Waals surface area contributed by atoms with Crippen LogP contribution >= 0.6 is 0 Å². The van der Waals surface area contributed by atoms with Gasteiger partial charge in [-0.15, -0.1) is 0 Å². The first-order valence-corrected chi connectivity index (χ1v) is 12.8. The minimum Gasteiger partial charge on any atom is -0.480 e. The fourth-order valence-electron chi connectivity index (χ4n) is 4.99. The smallest absolute Gasteiger partial charge is 0.418 e. The van der Waals surface area contributed by atoms with Crippen LogP contribution in [0.1, 0.15) is 43.0 Å². The van der Waals surface area contributed by atoms with E-state index in [9.17, 15) is 19.5 Å². The summed E-state index contributed by atoms with van der Waals surface area (Å²) in [7, 11) is 0. The molecule has 0 bridgehead atoms. The summed E-state index contributed by atoms with van der Waals surface area (Å²) in [6.45, 7) is 5.39. The largest absolute Gasteiger partial charge is 0.480 e. The van der Waals surface area contributed by atoms with Crippen LogP contribution in [-0.4, -0.2) is 39.5 Å². The Labute approximate surface area is 226 Å². The fourth-order valence-corrected chi connectivity index (χ4v) is 4.99. The SMILES string of the molecule is CC(C)(C)OC(=O)n1ccc2c(C[C@H](NC(=O)OCc3cccc4c3Cc3ccccc3-4)C(=O)O)cccc21. The highest BCUT2D eigenvalue weighted by Crippen LogP contribution is 2.38. The summed E-state index contributed by atoms with van der Waals surface area (Å²) >= 11 is 0. The number of benzene rings is 3. The van der Waals surface area contributed by atoms with E-state index < -0.39 is 29.8 Å². The van der Waals surface area contributed by atoms with Gasteiger partial charge in [0.15, 0.2) is 0 Å². The first kappa shape index (κ1) is 26.0. The molecule has 0 saturated carbocycles. The molecule has 3 aromatic carbocycles. The summed E-state index contributed by atoms with van der Waals surface area (Å²) in [5.41, 5.74) is 6.13. The molecule has 0 saturated heterocycles. The molecule has 0 fully saturated rings. The number of ether oxygens (including phenoxy) is 2. The molecule has 1 aliphatic rings. The van der Waals surface area contributed by atoms with Crippen molar-refractivity contribution in [2.75, 3.05) is 0 Å². The highest BCUT2D eigenvalue weighted by molar-refractivity contribution is 5.92. The van der Waals surface area contributed by atoms with E-state index in [4.69, 9.17) is 9.47 Å². The monoisotopic (exact) mass is 526 g/mol. The Morgan fingerprint density at radius 2 is 1.67 bits per heavy atom. The van der Waals surface area contributed by atoms with Crippen molar-refractivity contribution in [3.63, 3.8) is 0 Å². The molecule has 5 rings (SSSR count). The predicted molar refractivity (Wildman–Crippen MR) is 147 cm³/mol. The van der Waals surface area contributed by atoms with Gasteiger partial charge in [-0.25, -0.2) is 14.4 Å². The lowest BCUT2D eigenvalue weighted by atomic mass is 10.0. The summed E-state index contributed by atoms with van der Waals surface area (Å²) in [6.07, 6.45) is 1.03. The molecule has 0 radical (unpaired) electrons. The number of rotatable bonds is 6. The summed E-state index contributed by atoms with van der Waals surface area (Å²) in [4.78, 5) is 37.3. The van der Waals surface area contributed by atoms with Gasteiger partial charge in [0.1, 0.15) is 18.2 Å². The molecule has 8 heteroatoms. The second kappa shape index (κ2) is 10.3. The van der Waals surface area contributed by atoms with Crippen molar-refractivity contribution in [3.05, 3.63) is 95.2 Å². The van der Waals surface area contributed by atoms with Gasteiger partial charge < -0.3 is 19.9 Å². The number of hydrogen-bond donors (Lipinski definition) is 2. The standard InChI is InChI=1S/C31H30N2O6/c1-31(2,3)39-30(37)33-15-14-23-20(9-7-13-27(23)33)17-26(28(34)35)32-29(36)38-18-21-10-6-12-24-22-11-5-4-8-19(22)16-25(21)24/h4-15,26H,16-18H2,1-3H3,(H,32,36)(H,34,35)/t26-/m0/s1. The molecule has 1 aliphatic carbocycles. The van der Waals surface area contributed by atoms with Crippen molar-refractivity contribution in [2.24, 2.45) is 0 Å². The van der Waals surface area contributed by atoms with Gasteiger partial charge in [0.2, 0.25) is 0 Å². The highest BCUT2D eigenvalue weighted by Gasteiger charge is 2.25. The minimum absolute atomic E-state index is 0.0101. The number of amides is 1. The average molecular weight is 527 g/mol. The molecule has 8 nitrogen and oxygen atoms in total. The number of alkyl carbamates (subject to hydrolysis) is 1. The van der Waals surface area contributed by atoms with E-state index in [-0.39, 0.29) is 13.0 Å². The third-order valence-electron chi connectivity index (χ3n) is 6.73. The highest BCUT2D eigenvalue weighted by atomic mass is 16.6. The first-order chi connectivity index (χ1) is 18.6. The Bertz CT molecular complexity index is 1580. The lowest BCUT2D eigenvalue weighted by Crippen LogP contribution is -2.42. The molecule has 2 N–H and O–H groups in total. The maximum atomic E-state index is 12.7. The van der Waals surface area contributed by atoms with Crippen molar-refractivity contribution in [1.82, 2.24) is 9.88 Å². The van der Waals surface area contributed by atoms with Crippen molar-refractivity contribution < 1.29 is 29.0 Å². The molecule has 1 atom stereocenters. The Balaban J connectivity index is 1.27. The Morgan fingerprint density at radius 3 is 2.44 bits per heavy atom. The lowest BCUT2D eigenvalue weighted by Gasteiger charge is -2.20. The van der Waals surface area contributed by atoms with Gasteiger partial charge >= 0.3 is 18.2 Å². The summed E-state index contributed by atoms with van der Waals surface area (Å²) in [5.74, 6) is -1.19. The number of carbonyl (C=O) groups is 3. The number of aromatic nitrogens is 1. The van der Waals surface area contributed by atoms with Crippen LogP contribution in [0.15, 0.2) is 72.9 Å². The van der Waals surface area contributed by atoms with E-state index in [1.165, 1.54) is 15.7 Å². The maximum absolute atomic E-state index is 12.7. The molecule has 200 valence electrons. The third kappa shape index (κ3) is 5.50. The van der Waals surface area contributed by atoms with Gasteiger partial charge in [-0.3, -0.25) is 4.57 Å². The van der Waals surface area contributed by atoms with E-state index >= 15 is 0 Å². The van der Waals surface area contributed by atoms with Crippen LogP contribution in [0, 0.1) is 0 Å². The van der Waals surface area contributed by atoms with E-state index in [1.54, 1.807) is 51.2 Å². The summed E-state index contributed by atoms with van der Waals surface area (Å²) < 4.78 is 12.3. The topological polar surface area (TPSA) is 107 Å². The molecule has 0 spiro atoms. The molecule has 1 amide bonds. The number of carbonyl (C=O) groups excluding carboxylic acids is 2. The summed E-state index contributed by atoms with van der Waals surface area (Å²) in [6, 6.07) is 19.9. The van der Waals surface area contributed by atoms with Crippen LogP contribution in [0.5, 0.6) is 0 Å². The lowest BCUT2D eigenvalue weighted by molar-refractivity contribution is -0.139. The maximum Gasteiger partial charge on any atom is 0.418 e. The second-order valence-electron chi connectivity index (χ2n) is 10.6. The number of carboxylic acids is 1. The van der Waals surface area contributed by atoms with Crippen molar-refractivity contribution >= 4 is 29.1 Å². The minimum atomic E-state index is -1.22. The second-order valence-corrected chi connectivity index (χ2v) is 10.6. The zero-order valence-electron chi connectivity index (χ0n) is 22.1. The van der Waals surface area contributed by atoms with Gasteiger partial charge in [-0.1, -0.05) is 54.6 Å². The molecule has 1 aromatic heterocycles. The Kier molecular flexibility index (Phi) is 6.87. The number of aliphatic carboxylic acids is 1. The Hall–Kier alpha value is -4.59. The van der Waals surface area contributed by atoms with Crippen LogP contribution in [0.3, 0.4) is 0 Å². The average Bonchev–Trinajstić information content (AvgIpc) is 3.49. The van der Waals surface area contributed by atoms with Crippen molar-refractivity contribution in [3.8, 4) is 11.1 Å². The van der Waals surface area contributed by atoms with Crippen LogP contribution in [0.25, 0.3) is 22.0 Å². The molecular formula is C31H30N2O6. The van der Waals surface area contributed by atoms with Gasteiger partial charge in [0, 0.05) is 18.0 Å². The van der Waals surface area contributed by atoms with Crippen LogP contribution < -0.4 is 5.32 Å². The zero-order valence-corrected chi connectivity index (χ0v) is 22.1. The normalized spacial score (nSPS) is 12.9. The summed E-state index contributed by atoms with van der Waals surface area (Å²) in [5, 5.41) is 13.0. The number of carboxylic acid groups (broad SMARTS) is 1. The van der Waals surface area contributed by atoms with E-state index in [0.717, 1.165) is 23.1 Å². The molecule has 4 aromatic rings. The van der Waals surface area contributed by atoms with Gasteiger partial charge in [-0.2, -0.15) is 0 Å². The van der Waals surface area contributed by atoms with Gasteiger partial charge in [0.25, 0.3) is 0 Å². The molecule has 1 heterocycles. The molecule has 39 heavy (non-hydrogen) atoms. The van der Waals surface area contributed by atoms with Crippen LogP contribution in [0.4, 0.5) is 9.59 Å². The predicted octanol–water partition coefficient (Wildman–Crippen LogP) is 5.92. The number of fused-ring (bicyclic) bond motifs is 4. The zero-order chi connectivity index (χ0) is 27.7. The van der Waals surface area contributed by atoms with Crippen LogP contribution in [0.2, 0.25) is 0 Å². The van der Waals surface area contributed by atoms with Crippen molar-refractivity contribution in [1.29, 1.82) is 0 Å². The van der Waals surface area contributed by atoms with Crippen molar-refractivity contribution in [2.45, 2.75) is 51.9 Å².